The lowest BCUT2D eigenvalue weighted by molar-refractivity contribution is -0.147. The van der Waals surface area contributed by atoms with E-state index >= 15 is 0 Å². The number of benzene rings is 2. The Morgan fingerprint density at radius 2 is 0.972 bits per heavy atom. The van der Waals surface area contributed by atoms with Crippen LogP contribution in [0.25, 0.3) is 0 Å². The van der Waals surface area contributed by atoms with E-state index in [0.29, 0.717) is 26.3 Å². The maximum Gasteiger partial charge on any atom is 0.313 e. The number of esters is 2. The molecule has 2 aromatic rings. The summed E-state index contributed by atoms with van der Waals surface area (Å²) in [5, 5.41) is 0. The lowest BCUT2D eigenvalue weighted by Gasteiger charge is -2.26. The molecule has 2 aromatic carbocycles. The Balaban J connectivity index is 1.71. The standard InChI is InChI=1S/C30H44N2O4/c1-5-27(25-15-11-9-12-16-25)29(33)35-23-21-31(7-3)19-20-32(8-4)22-24-36-30(34)28(6-2)26-17-13-10-14-18-26/h9-18,27-28H,5-8,19-24H2,1-4H3. The minimum atomic E-state index is -0.214. The predicted molar refractivity (Wildman–Crippen MR) is 145 cm³/mol. The number of hydrogen-bond acceptors (Lipinski definition) is 6. The Hall–Kier alpha value is -2.70. The van der Waals surface area contributed by atoms with E-state index in [9.17, 15) is 9.59 Å². The van der Waals surface area contributed by atoms with Crippen molar-refractivity contribution in [1.82, 2.24) is 9.80 Å². The van der Waals surface area contributed by atoms with Crippen LogP contribution >= 0.6 is 0 Å². The highest BCUT2D eigenvalue weighted by atomic mass is 16.5. The van der Waals surface area contributed by atoms with E-state index in [-0.39, 0.29) is 23.8 Å². The zero-order valence-corrected chi connectivity index (χ0v) is 22.5. The van der Waals surface area contributed by atoms with Gasteiger partial charge in [0.2, 0.25) is 0 Å². The third-order valence-corrected chi connectivity index (χ3v) is 6.72. The molecule has 0 aliphatic rings. The van der Waals surface area contributed by atoms with Crippen molar-refractivity contribution >= 4 is 11.9 Å². The van der Waals surface area contributed by atoms with Crippen molar-refractivity contribution in [2.24, 2.45) is 0 Å². The zero-order chi connectivity index (χ0) is 26.2. The average Bonchev–Trinajstić information content (AvgIpc) is 2.91. The molecule has 2 rings (SSSR count). The van der Waals surface area contributed by atoms with Crippen LogP contribution in [0, 0.1) is 0 Å². The van der Waals surface area contributed by atoms with Crippen LogP contribution in [0.15, 0.2) is 60.7 Å². The number of hydrogen-bond donors (Lipinski definition) is 0. The number of carbonyl (C=O) groups is 2. The average molecular weight is 497 g/mol. The van der Waals surface area contributed by atoms with Gasteiger partial charge in [-0.1, -0.05) is 88.4 Å². The number of nitrogens with zero attached hydrogens (tertiary/aromatic N) is 2. The smallest absolute Gasteiger partial charge is 0.313 e. The van der Waals surface area contributed by atoms with Gasteiger partial charge >= 0.3 is 11.9 Å². The van der Waals surface area contributed by atoms with Crippen LogP contribution in [0.4, 0.5) is 0 Å². The van der Waals surface area contributed by atoms with Crippen molar-refractivity contribution < 1.29 is 19.1 Å². The van der Waals surface area contributed by atoms with Crippen molar-refractivity contribution in [3.8, 4) is 0 Å². The first-order valence-electron chi connectivity index (χ1n) is 13.4. The van der Waals surface area contributed by atoms with Gasteiger partial charge in [-0.15, -0.1) is 0 Å². The summed E-state index contributed by atoms with van der Waals surface area (Å²) in [7, 11) is 0. The molecule has 0 spiro atoms. The van der Waals surface area contributed by atoms with Gasteiger partial charge in [-0.05, 0) is 37.1 Å². The van der Waals surface area contributed by atoms with Crippen LogP contribution in [-0.2, 0) is 19.1 Å². The Labute approximate surface area is 217 Å². The van der Waals surface area contributed by atoms with Gasteiger partial charge in [0.15, 0.2) is 0 Å². The molecular formula is C30H44N2O4. The molecule has 0 fully saturated rings. The van der Waals surface area contributed by atoms with E-state index in [4.69, 9.17) is 9.47 Å². The molecule has 0 heterocycles. The largest absolute Gasteiger partial charge is 0.464 e. The van der Waals surface area contributed by atoms with Crippen LogP contribution in [0.5, 0.6) is 0 Å². The quantitative estimate of drug-likeness (QED) is 0.284. The second-order valence-electron chi connectivity index (χ2n) is 8.95. The molecule has 0 aromatic heterocycles. The molecule has 0 radical (unpaired) electrons. The molecule has 0 bridgehead atoms. The second-order valence-corrected chi connectivity index (χ2v) is 8.95. The van der Waals surface area contributed by atoms with Crippen molar-refractivity contribution in [1.29, 1.82) is 0 Å². The summed E-state index contributed by atoms with van der Waals surface area (Å²) in [6.45, 7) is 13.9. The highest BCUT2D eigenvalue weighted by molar-refractivity contribution is 5.78. The Kier molecular flexibility index (Phi) is 13.8. The minimum absolute atomic E-state index is 0.155. The molecule has 6 heteroatoms. The van der Waals surface area contributed by atoms with Gasteiger partial charge in [-0.2, -0.15) is 0 Å². The lowest BCUT2D eigenvalue weighted by Crippen LogP contribution is -2.38. The molecule has 0 aliphatic heterocycles. The summed E-state index contributed by atoms with van der Waals surface area (Å²) < 4.78 is 11.2. The monoisotopic (exact) mass is 496 g/mol. The van der Waals surface area contributed by atoms with E-state index in [1.165, 1.54) is 0 Å². The third-order valence-electron chi connectivity index (χ3n) is 6.72. The number of likely N-dealkylation sites (N-methyl/N-ethyl adjacent to an activating group) is 2. The fraction of sp³-hybridized carbons (Fsp3) is 0.533. The second kappa shape index (κ2) is 16.9. The van der Waals surface area contributed by atoms with Gasteiger partial charge < -0.3 is 9.47 Å². The first-order valence-corrected chi connectivity index (χ1v) is 13.4. The molecule has 0 saturated carbocycles. The van der Waals surface area contributed by atoms with Crippen LogP contribution in [0.3, 0.4) is 0 Å². The highest BCUT2D eigenvalue weighted by Gasteiger charge is 2.21. The fourth-order valence-electron chi connectivity index (χ4n) is 4.34. The van der Waals surface area contributed by atoms with E-state index in [1.54, 1.807) is 0 Å². The van der Waals surface area contributed by atoms with Gasteiger partial charge in [0.05, 0.1) is 11.8 Å². The van der Waals surface area contributed by atoms with Crippen LogP contribution in [-0.4, -0.2) is 74.2 Å². The molecule has 0 N–H and O–H groups in total. The van der Waals surface area contributed by atoms with Crippen molar-refractivity contribution in [2.45, 2.75) is 52.4 Å². The summed E-state index contributed by atoms with van der Waals surface area (Å²) in [5.41, 5.74) is 2.01. The summed E-state index contributed by atoms with van der Waals surface area (Å²) in [6, 6.07) is 19.7. The fourth-order valence-corrected chi connectivity index (χ4v) is 4.34. The summed E-state index contributed by atoms with van der Waals surface area (Å²) in [4.78, 5) is 29.8. The molecule has 36 heavy (non-hydrogen) atoms. The van der Waals surface area contributed by atoms with E-state index in [0.717, 1.165) is 50.1 Å². The maximum atomic E-state index is 12.6. The molecule has 198 valence electrons. The highest BCUT2D eigenvalue weighted by Crippen LogP contribution is 2.21. The van der Waals surface area contributed by atoms with Crippen molar-refractivity contribution in [2.75, 3.05) is 52.5 Å². The summed E-state index contributed by atoms with van der Waals surface area (Å²) in [6.07, 6.45) is 1.45. The van der Waals surface area contributed by atoms with Gasteiger partial charge in [-0.25, -0.2) is 0 Å². The lowest BCUT2D eigenvalue weighted by atomic mass is 9.97. The van der Waals surface area contributed by atoms with Gasteiger partial charge in [-0.3, -0.25) is 19.4 Å². The first kappa shape index (κ1) is 29.5. The molecule has 2 unspecified atom stereocenters. The maximum absolute atomic E-state index is 12.6. The van der Waals surface area contributed by atoms with Gasteiger partial charge in [0.1, 0.15) is 13.2 Å². The van der Waals surface area contributed by atoms with E-state index in [2.05, 4.69) is 23.6 Å². The van der Waals surface area contributed by atoms with Gasteiger partial charge in [0.25, 0.3) is 0 Å². The Morgan fingerprint density at radius 3 is 1.28 bits per heavy atom. The molecule has 0 saturated heterocycles. The SMILES string of the molecule is CCC(C(=O)OCCN(CC)CCN(CC)CCOC(=O)C(CC)c1ccccc1)c1ccccc1. The third kappa shape index (κ3) is 9.75. The topological polar surface area (TPSA) is 59.1 Å². The number of ether oxygens (including phenoxy) is 2. The van der Waals surface area contributed by atoms with Gasteiger partial charge in [0, 0.05) is 26.2 Å². The summed E-state index contributed by atoms with van der Waals surface area (Å²) >= 11 is 0. The molecule has 6 nitrogen and oxygen atoms in total. The molecule has 0 aliphatic carbocycles. The number of rotatable bonds is 17. The molecule has 2 atom stereocenters. The Bertz CT molecular complexity index is 802. The van der Waals surface area contributed by atoms with E-state index in [1.807, 2.05) is 74.5 Å². The number of carbonyl (C=O) groups excluding carboxylic acids is 2. The van der Waals surface area contributed by atoms with Crippen LogP contribution in [0.1, 0.15) is 63.5 Å². The predicted octanol–water partition coefficient (Wildman–Crippen LogP) is 5.10. The van der Waals surface area contributed by atoms with Crippen LogP contribution in [0.2, 0.25) is 0 Å². The zero-order valence-electron chi connectivity index (χ0n) is 22.5. The molecule has 0 amide bonds. The molecular weight excluding hydrogens is 452 g/mol. The van der Waals surface area contributed by atoms with Crippen LogP contribution < -0.4 is 0 Å². The minimum Gasteiger partial charge on any atom is -0.464 e. The Morgan fingerprint density at radius 1 is 0.611 bits per heavy atom. The summed E-state index contributed by atoms with van der Waals surface area (Å²) in [5.74, 6) is -0.738. The van der Waals surface area contributed by atoms with E-state index < -0.39 is 0 Å². The van der Waals surface area contributed by atoms with Crippen molar-refractivity contribution in [3.63, 3.8) is 0 Å². The van der Waals surface area contributed by atoms with Crippen molar-refractivity contribution in [3.05, 3.63) is 71.8 Å². The normalized spacial score (nSPS) is 12.9. The first-order chi connectivity index (χ1) is 17.5.